The summed E-state index contributed by atoms with van der Waals surface area (Å²) in [6, 6.07) is 1.78. The largest absolute Gasteiger partial charge is 0.374 e. The Kier molecular flexibility index (Phi) is 5.09. The summed E-state index contributed by atoms with van der Waals surface area (Å²) in [5.74, 6) is -0.254. The normalized spacial score (nSPS) is 10.6. The maximum atomic E-state index is 10.9. The van der Waals surface area contributed by atoms with Crippen molar-refractivity contribution < 1.29 is 9.53 Å². The predicted molar refractivity (Wildman–Crippen MR) is 48.9 cm³/mol. The van der Waals surface area contributed by atoms with Gasteiger partial charge < -0.3 is 10.1 Å². The minimum absolute atomic E-state index is 0.0950. The van der Waals surface area contributed by atoms with Gasteiger partial charge in [-0.3, -0.25) is 4.79 Å². The van der Waals surface area contributed by atoms with Crippen LogP contribution in [0.15, 0.2) is 0 Å². The number of ether oxygens (including phenoxy) is 1. The van der Waals surface area contributed by atoms with Crippen LogP contribution in [0.3, 0.4) is 0 Å². The molecule has 0 bridgehead atoms. The number of nitrogens with one attached hydrogen (secondary N) is 1. The van der Waals surface area contributed by atoms with Crippen molar-refractivity contribution in [2.24, 2.45) is 0 Å². The molecule has 4 heteroatoms. The van der Waals surface area contributed by atoms with Crippen LogP contribution in [0.2, 0.25) is 0 Å². The standard InChI is InChI=1S/C9H16N2O2/c1-4-13-9(2,3)7-11-8(12)5-6-10/h4-5,7H2,1-3H3,(H,11,12). The third-order valence-corrected chi connectivity index (χ3v) is 1.49. The molecule has 0 radical (unpaired) electrons. The van der Waals surface area contributed by atoms with Gasteiger partial charge in [0.15, 0.2) is 0 Å². The zero-order valence-electron chi connectivity index (χ0n) is 8.39. The molecule has 0 saturated carbocycles. The van der Waals surface area contributed by atoms with Gasteiger partial charge in [-0.15, -0.1) is 0 Å². The molecular formula is C9H16N2O2. The third-order valence-electron chi connectivity index (χ3n) is 1.49. The van der Waals surface area contributed by atoms with Crippen molar-refractivity contribution in [2.75, 3.05) is 13.2 Å². The SMILES string of the molecule is CCOC(C)(C)CNC(=O)CC#N. The van der Waals surface area contributed by atoms with Crippen molar-refractivity contribution in [3.8, 4) is 6.07 Å². The molecule has 4 nitrogen and oxygen atoms in total. The van der Waals surface area contributed by atoms with Crippen molar-refractivity contribution in [1.82, 2.24) is 5.32 Å². The van der Waals surface area contributed by atoms with Crippen molar-refractivity contribution in [2.45, 2.75) is 32.8 Å². The van der Waals surface area contributed by atoms with Crippen LogP contribution in [-0.4, -0.2) is 24.7 Å². The summed E-state index contributed by atoms with van der Waals surface area (Å²) in [5.41, 5.74) is -0.361. The average molecular weight is 184 g/mol. The Balaban J connectivity index is 3.75. The van der Waals surface area contributed by atoms with Crippen LogP contribution in [0.25, 0.3) is 0 Å². The van der Waals surface area contributed by atoms with Crippen molar-refractivity contribution in [3.63, 3.8) is 0 Å². The van der Waals surface area contributed by atoms with Crippen LogP contribution < -0.4 is 5.32 Å². The van der Waals surface area contributed by atoms with Gasteiger partial charge in [-0.05, 0) is 20.8 Å². The molecule has 0 fully saturated rings. The van der Waals surface area contributed by atoms with Gasteiger partial charge in [0.05, 0.1) is 11.7 Å². The number of nitrogens with zero attached hydrogens (tertiary/aromatic N) is 1. The molecule has 0 spiro atoms. The Labute approximate surface area is 78.9 Å². The smallest absolute Gasteiger partial charge is 0.234 e. The zero-order valence-corrected chi connectivity index (χ0v) is 8.39. The summed E-state index contributed by atoms with van der Waals surface area (Å²) in [7, 11) is 0. The number of rotatable bonds is 5. The molecule has 0 aromatic heterocycles. The molecule has 0 aliphatic carbocycles. The first kappa shape index (κ1) is 11.9. The Morgan fingerprint density at radius 2 is 2.23 bits per heavy atom. The van der Waals surface area contributed by atoms with E-state index in [1.165, 1.54) is 0 Å². The van der Waals surface area contributed by atoms with Crippen LogP contribution in [0.5, 0.6) is 0 Å². The lowest BCUT2D eigenvalue weighted by Gasteiger charge is -2.24. The molecule has 13 heavy (non-hydrogen) atoms. The fourth-order valence-corrected chi connectivity index (χ4v) is 0.888. The van der Waals surface area contributed by atoms with Crippen molar-refractivity contribution >= 4 is 5.91 Å². The summed E-state index contributed by atoms with van der Waals surface area (Å²) in [5, 5.41) is 10.8. The Hall–Kier alpha value is -1.08. The number of hydrogen-bond acceptors (Lipinski definition) is 3. The molecule has 0 aliphatic heterocycles. The van der Waals surface area contributed by atoms with Gasteiger partial charge in [0.1, 0.15) is 6.42 Å². The fourth-order valence-electron chi connectivity index (χ4n) is 0.888. The van der Waals surface area contributed by atoms with Crippen LogP contribution in [-0.2, 0) is 9.53 Å². The number of carbonyl (C=O) groups excluding carboxylic acids is 1. The number of hydrogen-bond donors (Lipinski definition) is 1. The predicted octanol–water partition coefficient (Wildman–Crippen LogP) is 0.831. The van der Waals surface area contributed by atoms with Gasteiger partial charge in [0.25, 0.3) is 0 Å². The van der Waals surface area contributed by atoms with E-state index in [-0.39, 0.29) is 17.9 Å². The van der Waals surface area contributed by atoms with E-state index >= 15 is 0 Å². The number of carbonyl (C=O) groups is 1. The minimum Gasteiger partial charge on any atom is -0.374 e. The highest BCUT2D eigenvalue weighted by molar-refractivity contribution is 5.77. The van der Waals surface area contributed by atoms with E-state index in [1.54, 1.807) is 6.07 Å². The van der Waals surface area contributed by atoms with Gasteiger partial charge >= 0.3 is 0 Å². The number of amides is 1. The van der Waals surface area contributed by atoms with Crippen LogP contribution in [0.4, 0.5) is 0 Å². The minimum atomic E-state index is -0.361. The third kappa shape index (κ3) is 6.12. The van der Waals surface area contributed by atoms with E-state index in [1.807, 2.05) is 20.8 Å². The first-order valence-corrected chi connectivity index (χ1v) is 4.29. The second kappa shape index (κ2) is 5.55. The Bertz CT molecular complexity index is 206. The van der Waals surface area contributed by atoms with E-state index in [2.05, 4.69) is 5.32 Å². The highest BCUT2D eigenvalue weighted by Gasteiger charge is 2.18. The molecule has 0 atom stereocenters. The summed E-state index contributed by atoms with van der Waals surface area (Å²) < 4.78 is 5.36. The maximum Gasteiger partial charge on any atom is 0.234 e. The first-order valence-electron chi connectivity index (χ1n) is 4.29. The molecule has 0 unspecified atom stereocenters. The van der Waals surface area contributed by atoms with E-state index in [0.717, 1.165) is 0 Å². The van der Waals surface area contributed by atoms with Crippen LogP contribution in [0.1, 0.15) is 27.2 Å². The second-order valence-electron chi connectivity index (χ2n) is 3.30. The highest BCUT2D eigenvalue weighted by atomic mass is 16.5. The molecule has 0 saturated heterocycles. The Morgan fingerprint density at radius 3 is 2.69 bits per heavy atom. The van der Waals surface area contributed by atoms with E-state index < -0.39 is 0 Å². The van der Waals surface area contributed by atoms with E-state index in [9.17, 15) is 4.79 Å². The lowest BCUT2D eigenvalue weighted by Crippen LogP contribution is -2.40. The van der Waals surface area contributed by atoms with E-state index in [4.69, 9.17) is 10.00 Å². The molecule has 0 aliphatic rings. The quantitative estimate of drug-likeness (QED) is 0.688. The molecule has 0 aromatic carbocycles. The maximum absolute atomic E-state index is 10.9. The molecule has 1 N–H and O–H groups in total. The van der Waals surface area contributed by atoms with Gasteiger partial charge in [0.2, 0.25) is 5.91 Å². The van der Waals surface area contributed by atoms with Gasteiger partial charge in [-0.25, -0.2) is 0 Å². The van der Waals surface area contributed by atoms with Gasteiger partial charge in [0, 0.05) is 13.2 Å². The monoisotopic (exact) mass is 184 g/mol. The summed E-state index contributed by atoms with van der Waals surface area (Å²) in [6.07, 6.45) is -0.0950. The molecule has 0 rings (SSSR count). The highest BCUT2D eigenvalue weighted by Crippen LogP contribution is 2.06. The summed E-state index contributed by atoms with van der Waals surface area (Å²) in [6.45, 7) is 6.73. The van der Waals surface area contributed by atoms with Crippen molar-refractivity contribution in [1.29, 1.82) is 5.26 Å². The molecular weight excluding hydrogens is 168 g/mol. The average Bonchev–Trinajstić information content (AvgIpc) is 2.02. The van der Waals surface area contributed by atoms with Gasteiger partial charge in [-0.1, -0.05) is 0 Å². The summed E-state index contributed by atoms with van der Waals surface area (Å²) >= 11 is 0. The fraction of sp³-hybridized carbons (Fsp3) is 0.778. The van der Waals surface area contributed by atoms with Crippen LogP contribution >= 0.6 is 0 Å². The van der Waals surface area contributed by atoms with Crippen molar-refractivity contribution in [3.05, 3.63) is 0 Å². The topological polar surface area (TPSA) is 62.1 Å². The molecule has 74 valence electrons. The summed E-state index contributed by atoms with van der Waals surface area (Å²) in [4.78, 5) is 10.9. The lowest BCUT2D eigenvalue weighted by atomic mass is 10.1. The second-order valence-corrected chi connectivity index (χ2v) is 3.30. The number of nitriles is 1. The molecule has 0 aromatic rings. The van der Waals surface area contributed by atoms with Crippen LogP contribution in [0, 0.1) is 11.3 Å². The zero-order chi connectivity index (χ0) is 10.3. The molecule has 0 heterocycles. The Morgan fingerprint density at radius 1 is 1.62 bits per heavy atom. The van der Waals surface area contributed by atoms with E-state index in [0.29, 0.717) is 13.2 Å². The lowest BCUT2D eigenvalue weighted by molar-refractivity contribution is -0.121. The molecule has 1 amide bonds. The van der Waals surface area contributed by atoms with Gasteiger partial charge in [-0.2, -0.15) is 5.26 Å². The first-order chi connectivity index (χ1) is 6.02.